The summed E-state index contributed by atoms with van der Waals surface area (Å²) in [5, 5.41) is 11.2. The van der Waals surface area contributed by atoms with E-state index in [1.54, 1.807) is 6.07 Å². The average Bonchev–Trinajstić information content (AvgIpc) is 2.66. The molecule has 1 unspecified atom stereocenters. The number of nitriles is 1. The molecule has 1 aliphatic heterocycles. The van der Waals surface area contributed by atoms with E-state index in [1.165, 1.54) is 0 Å². The van der Waals surface area contributed by atoms with Gasteiger partial charge in [-0.15, -0.1) is 0 Å². The molecule has 1 aliphatic rings. The Morgan fingerprint density at radius 3 is 2.71 bits per heavy atom. The van der Waals surface area contributed by atoms with Crippen LogP contribution >= 0.6 is 0 Å². The summed E-state index contributed by atoms with van der Waals surface area (Å²) in [5.41, 5.74) is 10.5. The Hall–Kier alpha value is -1.52. The van der Waals surface area contributed by atoms with Gasteiger partial charge in [0.1, 0.15) is 12.2 Å². The van der Waals surface area contributed by atoms with Crippen molar-refractivity contribution in [1.29, 1.82) is 5.26 Å². The third-order valence-corrected chi connectivity index (χ3v) is 2.83. The van der Waals surface area contributed by atoms with Crippen molar-refractivity contribution in [3.05, 3.63) is 0 Å². The number of ketones is 1. The van der Waals surface area contributed by atoms with Crippen molar-refractivity contribution in [1.82, 2.24) is 5.32 Å². The summed E-state index contributed by atoms with van der Waals surface area (Å²) in [6, 6.07) is -0.143. The molecule has 1 rings (SSSR count). The number of halogens is 1. The number of Topliss-reactive ketones (excluding diaryl/α,β-unsaturated/α-hetero) is 1. The van der Waals surface area contributed by atoms with Crippen LogP contribution in [0.15, 0.2) is 0 Å². The van der Waals surface area contributed by atoms with Crippen molar-refractivity contribution < 1.29 is 14.0 Å². The van der Waals surface area contributed by atoms with E-state index in [1.807, 2.05) is 0 Å². The molecule has 0 aromatic rings. The molecule has 1 fully saturated rings. The van der Waals surface area contributed by atoms with Gasteiger partial charge >= 0.3 is 0 Å². The molecule has 0 aromatic heterocycles. The van der Waals surface area contributed by atoms with Crippen molar-refractivity contribution in [2.24, 2.45) is 17.4 Å². The number of nitrogens with one attached hydrogen (secondary N) is 1. The van der Waals surface area contributed by atoms with Gasteiger partial charge in [-0.2, -0.15) is 5.26 Å². The zero-order valence-electron chi connectivity index (χ0n) is 9.23. The van der Waals surface area contributed by atoms with Crippen LogP contribution in [0.3, 0.4) is 0 Å². The first kappa shape index (κ1) is 13.5. The number of alkyl halides is 1. The summed E-state index contributed by atoms with van der Waals surface area (Å²) in [5.74, 6) is -1.93. The van der Waals surface area contributed by atoms with Crippen LogP contribution in [0.1, 0.15) is 12.8 Å². The van der Waals surface area contributed by atoms with Crippen molar-refractivity contribution in [3.8, 4) is 6.07 Å². The third-order valence-electron chi connectivity index (χ3n) is 2.83. The van der Waals surface area contributed by atoms with E-state index in [2.05, 4.69) is 5.32 Å². The lowest BCUT2D eigenvalue weighted by atomic mass is 9.92. The van der Waals surface area contributed by atoms with Gasteiger partial charge in [-0.05, 0) is 6.42 Å². The van der Waals surface area contributed by atoms with Crippen LogP contribution in [0, 0.1) is 17.2 Å². The van der Waals surface area contributed by atoms with Crippen molar-refractivity contribution in [3.63, 3.8) is 0 Å². The van der Waals surface area contributed by atoms with E-state index in [0.717, 1.165) is 0 Å². The number of nitrogens with zero attached hydrogens (tertiary/aromatic N) is 1. The normalized spacial score (nSPS) is 29.6. The standard InChI is InChI=1S/C10H15FN4O2/c11-9-5(4-15-7(9)3-12)10(17)6(13)1-2-8(14)16/h5-7,9,15H,1-2,4,13H2,(H2,14,16)/t5-,6?,7+,9-/m1/s1. The van der Waals surface area contributed by atoms with Crippen molar-refractivity contribution in [2.75, 3.05) is 6.54 Å². The maximum Gasteiger partial charge on any atom is 0.217 e. The summed E-state index contributed by atoms with van der Waals surface area (Å²) in [6.07, 6.45) is -1.45. The Balaban J connectivity index is 2.53. The lowest BCUT2D eigenvalue weighted by Crippen LogP contribution is -2.40. The van der Waals surface area contributed by atoms with E-state index >= 15 is 0 Å². The molecule has 0 aromatic carbocycles. The first-order valence-corrected chi connectivity index (χ1v) is 5.32. The monoisotopic (exact) mass is 242 g/mol. The molecule has 6 nitrogen and oxygen atoms in total. The number of carbonyl (C=O) groups excluding carboxylic acids is 2. The van der Waals surface area contributed by atoms with Crippen LogP contribution in [0.4, 0.5) is 4.39 Å². The molecule has 0 saturated carbocycles. The fraction of sp³-hybridized carbons (Fsp3) is 0.700. The summed E-state index contributed by atoms with van der Waals surface area (Å²) in [7, 11) is 0. The number of hydrogen-bond donors (Lipinski definition) is 3. The lowest BCUT2D eigenvalue weighted by Gasteiger charge is -2.16. The molecule has 0 bridgehead atoms. The molecule has 0 aliphatic carbocycles. The molecule has 7 heteroatoms. The Bertz CT molecular complexity index is 355. The SMILES string of the molecule is N#C[C@@H]1NC[C@@H](C(=O)C(N)CCC(N)=O)[C@H]1F. The van der Waals surface area contributed by atoms with Crippen LogP contribution in [0.2, 0.25) is 0 Å². The summed E-state index contributed by atoms with van der Waals surface area (Å²) < 4.78 is 13.6. The van der Waals surface area contributed by atoms with Crippen LogP contribution < -0.4 is 16.8 Å². The number of hydrogen-bond acceptors (Lipinski definition) is 5. The first-order valence-electron chi connectivity index (χ1n) is 5.32. The Morgan fingerprint density at radius 1 is 1.59 bits per heavy atom. The second kappa shape index (κ2) is 5.70. The highest BCUT2D eigenvalue weighted by molar-refractivity contribution is 5.88. The predicted octanol–water partition coefficient (Wildman–Crippen LogP) is -1.40. The molecular weight excluding hydrogens is 227 g/mol. The zero-order chi connectivity index (χ0) is 13.0. The number of amides is 1. The van der Waals surface area contributed by atoms with Crippen LogP contribution in [-0.4, -0.2) is 36.5 Å². The minimum absolute atomic E-state index is 0.00825. The number of rotatable bonds is 5. The third kappa shape index (κ3) is 3.22. The molecule has 1 saturated heterocycles. The Labute approximate surface area is 98.1 Å². The molecular formula is C10H15FN4O2. The quantitative estimate of drug-likeness (QED) is 0.547. The summed E-state index contributed by atoms with van der Waals surface area (Å²) >= 11 is 0. The van der Waals surface area contributed by atoms with E-state index in [9.17, 15) is 14.0 Å². The summed E-state index contributed by atoms with van der Waals surface area (Å²) in [4.78, 5) is 22.3. The molecule has 5 N–H and O–H groups in total. The van der Waals surface area contributed by atoms with Crippen molar-refractivity contribution >= 4 is 11.7 Å². The minimum atomic E-state index is -1.55. The molecule has 0 spiro atoms. The van der Waals surface area contributed by atoms with Gasteiger partial charge in [0.2, 0.25) is 5.91 Å². The second-order valence-electron chi connectivity index (χ2n) is 4.08. The maximum atomic E-state index is 13.6. The molecule has 1 amide bonds. The van der Waals surface area contributed by atoms with E-state index < -0.39 is 35.9 Å². The molecule has 4 atom stereocenters. The summed E-state index contributed by atoms with van der Waals surface area (Å²) in [6.45, 7) is 0.0997. The van der Waals surface area contributed by atoms with Gasteiger partial charge in [0.05, 0.1) is 18.0 Å². The molecule has 94 valence electrons. The number of nitrogens with two attached hydrogens (primary N) is 2. The fourth-order valence-corrected chi connectivity index (χ4v) is 1.80. The number of carbonyl (C=O) groups is 2. The van der Waals surface area contributed by atoms with Crippen LogP contribution in [-0.2, 0) is 9.59 Å². The van der Waals surface area contributed by atoms with E-state index in [4.69, 9.17) is 16.7 Å². The molecule has 1 heterocycles. The zero-order valence-corrected chi connectivity index (χ0v) is 9.23. The smallest absolute Gasteiger partial charge is 0.217 e. The topological polar surface area (TPSA) is 122 Å². The van der Waals surface area contributed by atoms with Gasteiger partial charge in [-0.3, -0.25) is 14.9 Å². The van der Waals surface area contributed by atoms with Crippen LogP contribution in [0.25, 0.3) is 0 Å². The maximum absolute atomic E-state index is 13.6. The van der Waals surface area contributed by atoms with Crippen molar-refractivity contribution in [2.45, 2.75) is 31.1 Å². The second-order valence-corrected chi connectivity index (χ2v) is 4.08. The van der Waals surface area contributed by atoms with Gasteiger partial charge in [0.25, 0.3) is 0 Å². The van der Waals surface area contributed by atoms with Gasteiger partial charge < -0.3 is 11.5 Å². The fourth-order valence-electron chi connectivity index (χ4n) is 1.80. The van der Waals surface area contributed by atoms with Gasteiger partial charge in [-0.25, -0.2) is 4.39 Å². The number of primary amides is 1. The van der Waals surface area contributed by atoms with Crippen LogP contribution in [0.5, 0.6) is 0 Å². The first-order chi connectivity index (χ1) is 7.97. The van der Waals surface area contributed by atoms with Gasteiger partial charge in [0, 0.05) is 13.0 Å². The average molecular weight is 242 g/mol. The largest absolute Gasteiger partial charge is 0.370 e. The van der Waals surface area contributed by atoms with Gasteiger partial charge in [-0.1, -0.05) is 0 Å². The van der Waals surface area contributed by atoms with E-state index in [0.29, 0.717) is 0 Å². The van der Waals surface area contributed by atoms with E-state index in [-0.39, 0.29) is 19.4 Å². The highest BCUT2D eigenvalue weighted by Crippen LogP contribution is 2.21. The highest BCUT2D eigenvalue weighted by Gasteiger charge is 2.41. The molecule has 0 radical (unpaired) electrons. The predicted molar refractivity (Wildman–Crippen MR) is 57.2 cm³/mol. The Kier molecular flexibility index (Phi) is 4.54. The highest BCUT2D eigenvalue weighted by atomic mass is 19.1. The van der Waals surface area contributed by atoms with Gasteiger partial charge in [0.15, 0.2) is 5.78 Å². The Morgan fingerprint density at radius 2 is 2.24 bits per heavy atom. The lowest BCUT2D eigenvalue weighted by molar-refractivity contribution is -0.125. The molecule has 17 heavy (non-hydrogen) atoms. The minimum Gasteiger partial charge on any atom is -0.370 e.